The smallest absolute Gasteiger partial charge is 0.272 e. The molecular weight excluding hydrogens is 268 g/mol. The molecule has 1 amide bonds. The fraction of sp³-hybridized carbons (Fsp3) is 0.429. The van der Waals surface area contributed by atoms with Gasteiger partial charge in [-0.2, -0.15) is 5.21 Å². The third kappa shape index (κ3) is 3.56. The summed E-state index contributed by atoms with van der Waals surface area (Å²) in [5.74, 6) is 0.0864. The number of nitrogens with zero attached hydrogens (tertiary/aromatic N) is 5. The van der Waals surface area contributed by atoms with Gasteiger partial charge in [-0.05, 0) is 35.9 Å². The summed E-state index contributed by atoms with van der Waals surface area (Å²) < 4.78 is 0. The van der Waals surface area contributed by atoms with E-state index >= 15 is 0 Å². The molecule has 0 aliphatic heterocycles. The Morgan fingerprint density at radius 3 is 2.52 bits per heavy atom. The molecule has 1 aromatic carbocycles. The maximum absolute atomic E-state index is 12.3. The highest BCUT2D eigenvalue weighted by Gasteiger charge is 2.16. The molecule has 0 aliphatic carbocycles. The summed E-state index contributed by atoms with van der Waals surface area (Å²) in [6.45, 7) is 3.18. The Hall–Kier alpha value is -2.44. The van der Waals surface area contributed by atoms with Gasteiger partial charge in [0, 0.05) is 31.9 Å². The minimum atomic E-state index is -0.167. The van der Waals surface area contributed by atoms with Crippen molar-refractivity contribution in [3.63, 3.8) is 0 Å². The fourth-order valence-electron chi connectivity index (χ4n) is 1.97. The minimum Gasteiger partial charge on any atom is -0.375 e. The van der Waals surface area contributed by atoms with Crippen LogP contribution in [-0.2, 0) is 0 Å². The van der Waals surface area contributed by atoms with E-state index in [2.05, 4.69) is 39.5 Å². The first-order valence-electron chi connectivity index (χ1n) is 6.96. The molecule has 0 bridgehead atoms. The number of hydrogen-bond acceptors (Lipinski definition) is 5. The van der Waals surface area contributed by atoms with Gasteiger partial charge >= 0.3 is 0 Å². The number of aromatic amines is 1. The standard InChI is InChI=1S/C14H20N6O/c1-4-5-10-19(2)12-8-6-11(7-9-12)13(21)20(3)14-15-17-18-16-14/h6-9H,4-5,10H2,1-3H3,(H,15,16,17,18). The van der Waals surface area contributed by atoms with E-state index in [4.69, 9.17) is 0 Å². The normalized spacial score (nSPS) is 10.4. The number of rotatable bonds is 6. The highest BCUT2D eigenvalue weighted by Crippen LogP contribution is 2.16. The van der Waals surface area contributed by atoms with Gasteiger partial charge in [0.1, 0.15) is 0 Å². The van der Waals surface area contributed by atoms with Crippen LogP contribution in [0, 0.1) is 0 Å². The predicted molar refractivity (Wildman–Crippen MR) is 81.5 cm³/mol. The van der Waals surface area contributed by atoms with E-state index in [0.717, 1.165) is 25.1 Å². The monoisotopic (exact) mass is 288 g/mol. The summed E-state index contributed by atoms with van der Waals surface area (Å²) in [6.07, 6.45) is 2.31. The first-order chi connectivity index (χ1) is 10.1. The molecule has 0 spiro atoms. The van der Waals surface area contributed by atoms with Crippen molar-refractivity contribution in [2.75, 3.05) is 30.4 Å². The molecule has 0 radical (unpaired) electrons. The van der Waals surface area contributed by atoms with Gasteiger partial charge in [-0.15, -0.1) is 5.10 Å². The maximum atomic E-state index is 12.3. The first kappa shape index (κ1) is 15.0. The number of tetrazole rings is 1. The second kappa shape index (κ2) is 6.83. The molecule has 1 N–H and O–H groups in total. The van der Waals surface area contributed by atoms with Crippen LogP contribution in [0.25, 0.3) is 0 Å². The molecule has 0 aliphatic rings. The van der Waals surface area contributed by atoms with Gasteiger partial charge < -0.3 is 4.90 Å². The quantitative estimate of drug-likeness (QED) is 0.875. The molecule has 2 aromatic rings. The Kier molecular flexibility index (Phi) is 4.86. The van der Waals surface area contributed by atoms with Crippen molar-refractivity contribution >= 4 is 17.5 Å². The number of aromatic nitrogens is 4. The molecule has 1 heterocycles. The maximum Gasteiger partial charge on any atom is 0.272 e. The molecule has 21 heavy (non-hydrogen) atoms. The third-order valence-electron chi connectivity index (χ3n) is 3.34. The molecule has 0 unspecified atom stereocenters. The summed E-state index contributed by atoms with van der Waals surface area (Å²) in [5.41, 5.74) is 1.69. The number of unbranched alkanes of at least 4 members (excludes halogenated alkanes) is 1. The van der Waals surface area contributed by atoms with E-state index in [9.17, 15) is 4.79 Å². The Bertz CT molecular complexity index is 566. The molecule has 2 rings (SSSR count). The number of hydrogen-bond donors (Lipinski definition) is 1. The molecule has 0 atom stereocenters. The van der Waals surface area contributed by atoms with Gasteiger partial charge in [-0.25, -0.2) is 0 Å². The zero-order valence-corrected chi connectivity index (χ0v) is 12.6. The Morgan fingerprint density at radius 1 is 1.24 bits per heavy atom. The van der Waals surface area contributed by atoms with Gasteiger partial charge in [-0.3, -0.25) is 9.69 Å². The Morgan fingerprint density at radius 2 is 1.95 bits per heavy atom. The van der Waals surface area contributed by atoms with Crippen molar-refractivity contribution < 1.29 is 4.79 Å². The number of amides is 1. The highest BCUT2D eigenvalue weighted by atomic mass is 16.2. The number of benzene rings is 1. The van der Waals surface area contributed by atoms with Crippen LogP contribution in [0.5, 0.6) is 0 Å². The zero-order chi connectivity index (χ0) is 15.2. The number of anilines is 2. The van der Waals surface area contributed by atoms with E-state index in [1.54, 1.807) is 7.05 Å². The van der Waals surface area contributed by atoms with Crippen LogP contribution in [0.2, 0.25) is 0 Å². The Labute approximate surface area is 123 Å². The van der Waals surface area contributed by atoms with Gasteiger partial charge in [0.25, 0.3) is 11.9 Å². The summed E-state index contributed by atoms with van der Waals surface area (Å²) in [4.78, 5) is 15.8. The molecule has 7 heteroatoms. The first-order valence-corrected chi connectivity index (χ1v) is 6.96. The Balaban J connectivity index is 2.06. The number of carbonyl (C=O) groups excluding carboxylic acids is 1. The van der Waals surface area contributed by atoms with Gasteiger partial charge in [-0.1, -0.05) is 18.4 Å². The van der Waals surface area contributed by atoms with Crippen LogP contribution >= 0.6 is 0 Å². The third-order valence-corrected chi connectivity index (χ3v) is 3.34. The van der Waals surface area contributed by atoms with Gasteiger partial charge in [0.05, 0.1) is 0 Å². The molecule has 0 saturated carbocycles. The SMILES string of the molecule is CCCCN(C)c1ccc(C(=O)N(C)c2nn[nH]n2)cc1. The lowest BCUT2D eigenvalue weighted by molar-refractivity contribution is 0.0991. The summed E-state index contributed by atoms with van der Waals surface area (Å²) in [7, 11) is 3.67. The van der Waals surface area contributed by atoms with Crippen LogP contribution in [0.1, 0.15) is 30.1 Å². The summed E-state index contributed by atoms with van der Waals surface area (Å²) in [6, 6.07) is 7.54. The lowest BCUT2D eigenvalue weighted by Gasteiger charge is -2.19. The predicted octanol–water partition coefficient (Wildman–Crippen LogP) is 1.71. The average Bonchev–Trinajstić information content (AvgIpc) is 3.05. The second-order valence-corrected chi connectivity index (χ2v) is 4.90. The van der Waals surface area contributed by atoms with Gasteiger partial charge in [0.15, 0.2) is 0 Å². The van der Waals surface area contributed by atoms with Crippen molar-refractivity contribution in [1.82, 2.24) is 20.6 Å². The van der Waals surface area contributed by atoms with Crippen molar-refractivity contribution in [2.45, 2.75) is 19.8 Å². The molecule has 0 fully saturated rings. The van der Waals surface area contributed by atoms with E-state index in [-0.39, 0.29) is 11.9 Å². The molecule has 1 aromatic heterocycles. The molecule has 7 nitrogen and oxygen atoms in total. The van der Waals surface area contributed by atoms with E-state index in [1.807, 2.05) is 24.3 Å². The van der Waals surface area contributed by atoms with Crippen molar-refractivity contribution in [3.05, 3.63) is 29.8 Å². The van der Waals surface area contributed by atoms with Crippen molar-refractivity contribution in [2.24, 2.45) is 0 Å². The molecule has 112 valence electrons. The van der Waals surface area contributed by atoms with E-state index in [1.165, 1.54) is 4.90 Å². The van der Waals surface area contributed by atoms with Crippen molar-refractivity contribution in [3.8, 4) is 0 Å². The number of H-pyrrole nitrogens is 1. The summed E-state index contributed by atoms with van der Waals surface area (Å²) >= 11 is 0. The average molecular weight is 288 g/mol. The summed E-state index contributed by atoms with van der Waals surface area (Å²) in [5, 5.41) is 13.4. The fourth-order valence-corrected chi connectivity index (χ4v) is 1.97. The number of nitrogens with one attached hydrogen (secondary N) is 1. The van der Waals surface area contributed by atoms with E-state index in [0.29, 0.717) is 5.56 Å². The van der Waals surface area contributed by atoms with Crippen LogP contribution in [0.3, 0.4) is 0 Å². The van der Waals surface area contributed by atoms with Gasteiger partial charge in [0.2, 0.25) is 0 Å². The largest absolute Gasteiger partial charge is 0.375 e. The molecular formula is C14H20N6O. The topological polar surface area (TPSA) is 78.0 Å². The lowest BCUT2D eigenvalue weighted by Crippen LogP contribution is -2.27. The molecule has 0 saturated heterocycles. The van der Waals surface area contributed by atoms with Crippen molar-refractivity contribution in [1.29, 1.82) is 0 Å². The zero-order valence-electron chi connectivity index (χ0n) is 12.6. The van der Waals surface area contributed by atoms with E-state index < -0.39 is 0 Å². The van der Waals surface area contributed by atoms with Crippen LogP contribution < -0.4 is 9.80 Å². The second-order valence-electron chi connectivity index (χ2n) is 4.90. The van der Waals surface area contributed by atoms with Crippen LogP contribution in [0.15, 0.2) is 24.3 Å². The van der Waals surface area contributed by atoms with Crippen LogP contribution in [0.4, 0.5) is 11.6 Å². The van der Waals surface area contributed by atoms with Crippen LogP contribution in [-0.4, -0.2) is 47.2 Å². The minimum absolute atomic E-state index is 0.167. The highest BCUT2D eigenvalue weighted by molar-refractivity contribution is 6.04. The number of carbonyl (C=O) groups is 1. The lowest BCUT2D eigenvalue weighted by atomic mass is 10.1.